The molecule has 0 fully saturated rings. The van der Waals surface area contributed by atoms with E-state index in [9.17, 15) is 18.0 Å². The number of esters is 1. The Morgan fingerprint density at radius 2 is 1.75 bits per heavy atom. The second-order valence-electron chi connectivity index (χ2n) is 5.52. The van der Waals surface area contributed by atoms with Gasteiger partial charge in [0, 0.05) is 14.1 Å². The number of halogens is 3. The first kappa shape index (κ1) is 22.4. The van der Waals surface area contributed by atoms with Gasteiger partial charge < -0.3 is 10.1 Å². The van der Waals surface area contributed by atoms with Gasteiger partial charge in [0.2, 0.25) is 10.0 Å². The Bertz CT molecular complexity index is 1030. The van der Waals surface area contributed by atoms with Crippen LogP contribution in [0, 0.1) is 0 Å². The highest BCUT2D eigenvalue weighted by atomic mass is 35.5. The van der Waals surface area contributed by atoms with Crippen LogP contribution in [0.2, 0.25) is 15.2 Å². The van der Waals surface area contributed by atoms with E-state index in [-0.39, 0.29) is 31.5 Å². The molecule has 0 atom stereocenters. The fourth-order valence-electron chi connectivity index (χ4n) is 1.92. The maximum Gasteiger partial charge on any atom is 0.359 e. The summed E-state index contributed by atoms with van der Waals surface area (Å²) in [5, 5.41) is 2.54. The summed E-state index contributed by atoms with van der Waals surface area (Å²) in [6.45, 7) is -0.676. The van der Waals surface area contributed by atoms with Crippen molar-refractivity contribution in [2.24, 2.45) is 0 Å². The number of amides is 1. The van der Waals surface area contributed by atoms with Gasteiger partial charge in [-0.05, 0) is 30.3 Å². The zero-order valence-corrected chi connectivity index (χ0v) is 17.7. The Balaban J connectivity index is 2.09. The summed E-state index contributed by atoms with van der Waals surface area (Å²) in [6, 6.07) is 6.59. The number of ether oxygens (including phenoxy) is 1. The number of aromatic nitrogens is 1. The summed E-state index contributed by atoms with van der Waals surface area (Å²) in [5.74, 6) is -1.69. The predicted molar refractivity (Wildman–Crippen MR) is 105 cm³/mol. The number of nitrogens with one attached hydrogen (secondary N) is 1. The van der Waals surface area contributed by atoms with Crippen LogP contribution in [0.5, 0.6) is 0 Å². The molecule has 8 nitrogen and oxygen atoms in total. The van der Waals surface area contributed by atoms with E-state index in [1.165, 1.54) is 44.4 Å². The van der Waals surface area contributed by atoms with Crippen LogP contribution in [-0.2, 0) is 19.6 Å². The number of carbonyl (C=O) groups is 2. The Hall–Kier alpha value is -1.91. The third-order valence-electron chi connectivity index (χ3n) is 3.33. The van der Waals surface area contributed by atoms with Crippen LogP contribution in [-0.4, -0.2) is 50.3 Å². The van der Waals surface area contributed by atoms with Crippen molar-refractivity contribution >= 4 is 62.4 Å². The molecule has 0 aliphatic carbocycles. The van der Waals surface area contributed by atoms with Gasteiger partial charge in [-0.1, -0.05) is 34.8 Å². The van der Waals surface area contributed by atoms with Crippen molar-refractivity contribution in [3.63, 3.8) is 0 Å². The molecule has 150 valence electrons. The second-order valence-corrected chi connectivity index (χ2v) is 8.87. The lowest BCUT2D eigenvalue weighted by Gasteiger charge is -2.14. The average Bonchev–Trinajstić information content (AvgIpc) is 2.63. The summed E-state index contributed by atoms with van der Waals surface area (Å²) in [4.78, 5) is 27.7. The first-order chi connectivity index (χ1) is 13.0. The molecule has 2 rings (SSSR count). The van der Waals surface area contributed by atoms with Crippen molar-refractivity contribution in [3.8, 4) is 0 Å². The van der Waals surface area contributed by atoms with Gasteiger partial charge >= 0.3 is 5.97 Å². The minimum Gasteiger partial charge on any atom is -0.451 e. The van der Waals surface area contributed by atoms with Crippen molar-refractivity contribution in [3.05, 3.63) is 51.2 Å². The summed E-state index contributed by atoms with van der Waals surface area (Å²) in [5.41, 5.74) is -0.191. The van der Waals surface area contributed by atoms with Crippen molar-refractivity contribution in [2.75, 3.05) is 26.0 Å². The number of rotatable bonds is 6. The zero-order valence-electron chi connectivity index (χ0n) is 14.6. The number of benzene rings is 1. The fraction of sp³-hybridized carbons (Fsp3) is 0.188. The number of hydrogen-bond donors (Lipinski definition) is 1. The molecular weight excluding hydrogens is 453 g/mol. The summed E-state index contributed by atoms with van der Waals surface area (Å²) in [7, 11) is -0.977. The van der Waals surface area contributed by atoms with E-state index in [0.717, 1.165) is 4.31 Å². The molecule has 0 aliphatic rings. The van der Waals surface area contributed by atoms with Crippen LogP contribution in [0.25, 0.3) is 0 Å². The summed E-state index contributed by atoms with van der Waals surface area (Å²) >= 11 is 17.5. The Labute approximate surface area is 176 Å². The largest absolute Gasteiger partial charge is 0.451 e. The van der Waals surface area contributed by atoms with E-state index in [4.69, 9.17) is 39.5 Å². The number of nitrogens with zero attached hydrogens (tertiary/aromatic N) is 2. The van der Waals surface area contributed by atoms with Crippen molar-refractivity contribution in [1.82, 2.24) is 9.29 Å². The van der Waals surface area contributed by atoms with E-state index < -0.39 is 28.5 Å². The lowest BCUT2D eigenvalue weighted by molar-refractivity contribution is -0.119. The highest BCUT2D eigenvalue weighted by molar-refractivity contribution is 7.89. The van der Waals surface area contributed by atoms with Gasteiger partial charge in [0.1, 0.15) is 5.15 Å². The van der Waals surface area contributed by atoms with Gasteiger partial charge in [0.05, 0.1) is 20.6 Å². The zero-order chi connectivity index (χ0) is 21.1. The number of sulfonamides is 1. The molecule has 1 N–H and O–H groups in total. The number of hydrogen-bond acceptors (Lipinski definition) is 6. The number of carbonyl (C=O) groups excluding carboxylic acids is 2. The van der Waals surface area contributed by atoms with Gasteiger partial charge in [0.15, 0.2) is 12.3 Å². The highest BCUT2D eigenvalue weighted by Crippen LogP contribution is 2.26. The third kappa shape index (κ3) is 5.33. The summed E-state index contributed by atoms with van der Waals surface area (Å²) < 4.78 is 30.2. The second kappa shape index (κ2) is 9.06. The quantitative estimate of drug-likeness (QED) is 0.518. The van der Waals surface area contributed by atoms with Crippen molar-refractivity contribution < 1.29 is 22.7 Å². The molecule has 0 radical (unpaired) electrons. The topological polar surface area (TPSA) is 106 Å². The van der Waals surface area contributed by atoms with E-state index in [2.05, 4.69) is 10.3 Å². The van der Waals surface area contributed by atoms with Crippen molar-refractivity contribution in [1.29, 1.82) is 0 Å². The molecule has 0 aliphatic heterocycles. The van der Waals surface area contributed by atoms with Gasteiger partial charge in [-0.3, -0.25) is 4.79 Å². The molecule has 2 aromatic rings. The molecule has 0 bridgehead atoms. The van der Waals surface area contributed by atoms with Crippen LogP contribution < -0.4 is 5.32 Å². The van der Waals surface area contributed by atoms with Gasteiger partial charge in [-0.2, -0.15) is 0 Å². The SMILES string of the molecule is CN(C)S(=O)(=O)c1ccc(Cl)c(NC(=O)COC(=O)c2nc(Cl)ccc2Cl)c1. The summed E-state index contributed by atoms with van der Waals surface area (Å²) in [6.07, 6.45) is 0. The fourth-order valence-corrected chi connectivity index (χ4v) is 3.34. The minimum absolute atomic E-state index is 0.0134. The molecule has 1 aromatic heterocycles. The van der Waals surface area contributed by atoms with E-state index in [1.54, 1.807) is 0 Å². The molecule has 0 spiro atoms. The lowest BCUT2D eigenvalue weighted by atomic mass is 10.3. The molecule has 1 aromatic carbocycles. The van der Waals surface area contributed by atoms with E-state index in [1.807, 2.05) is 0 Å². The Morgan fingerprint density at radius 1 is 1.11 bits per heavy atom. The molecule has 28 heavy (non-hydrogen) atoms. The molecule has 1 heterocycles. The molecule has 12 heteroatoms. The number of pyridine rings is 1. The molecule has 0 saturated carbocycles. The van der Waals surface area contributed by atoms with Crippen LogP contribution in [0.15, 0.2) is 35.2 Å². The van der Waals surface area contributed by atoms with Gasteiger partial charge in [-0.25, -0.2) is 22.5 Å². The first-order valence-electron chi connectivity index (χ1n) is 7.53. The van der Waals surface area contributed by atoms with Crippen LogP contribution in [0.1, 0.15) is 10.5 Å². The molecule has 0 saturated heterocycles. The van der Waals surface area contributed by atoms with E-state index in [0.29, 0.717) is 0 Å². The van der Waals surface area contributed by atoms with Crippen LogP contribution in [0.3, 0.4) is 0 Å². The van der Waals surface area contributed by atoms with Crippen LogP contribution >= 0.6 is 34.8 Å². The average molecular weight is 467 g/mol. The van der Waals surface area contributed by atoms with Gasteiger partial charge in [-0.15, -0.1) is 0 Å². The molecular formula is C16H14Cl3N3O5S. The minimum atomic E-state index is -3.72. The smallest absolute Gasteiger partial charge is 0.359 e. The maximum absolute atomic E-state index is 12.2. The van der Waals surface area contributed by atoms with Crippen LogP contribution in [0.4, 0.5) is 5.69 Å². The normalized spacial score (nSPS) is 11.4. The molecule has 1 amide bonds. The van der Waals surface area contributed by atoms with Crippen molar-refractivity contribution in [2.45, 2.75) is 4.90 Å². The standard InChI is InChI=1S/C16H14Cl3N3O5S/c1-22(2)28(25,26)9-3-4-10(17)12(7-9)20-14(23)8-27-16(24)15-11(18)5-6-13(19)21-15/h3-7H,8H2,1-2H3,(H,20,23). The van der Waals surface area contributed by atoms with E-state index >= 15 is 0 Å². The molecule has 0 unspecified atom stereocenters. The highest BCUT2D eigenvalue weighted by Gasteiger charge is 2.20. The number of anilines is 1. The maximum atomic E-state index is 12.2. The Kier molecular flexibility index (Phi) is 7.24. The predicted octanol–water partition coefficient (Wildman–Crippen LogP) is 3.09. The monoisotopic (exact) mass is 465 g/mol. The Morgan fingerprint density at radius 3 is 2.39 bits per heavy atom. The van der Waals surface area contributed by atoms with Gasteiger partial charge in [0.25, 0.3) is 5.91 Å². The lowest BCUT2D eigenvalue weighted by Crippen LogP contribution is -2.23. The first-order valence-corrected chi connectivity index (χ1v) is 10.1. The third-order valence-corrected chi connectivity index (χ3v) is 5.99.